The Kier molecular flexibility index (Phi) is 6.24. The number of pyridine rings is 1. The van der Waals surface area contributed by atoms with Crippen LogP contribution in [0.3, 0.4) is 0 Å². The van der Waals surface area contributed by atoms with E-state index in [1.165, 1.54) is 4.31 Å². The Morgan fingerprint density at radius 3 is 2.80 bits per heavy atom. The van der Waals surface area contributed by atoms with Gasteiger partial charge in [0.25, 0.3) is 0 Å². The Bertz CT molecular complexity index is 1110. The first-order valence-electron chi connectivity index (χ1n) is 9.34. The number of hydrogen-bond acceptors (Lipinski definition) is 7. The largest absolute Gasteiger partial charge is 0.369 e. The third-order valence-corrected chi connectivity index (χ3v) is 6.80. The summed E-state index contributed by atoms with van der Waals surface area (Å²) in [5, 5.41) is 3.52. The second-order valence-corrected chi connectivity index (χ2v) is 9.10. The second-order valence-electron chi connectivity index (χ2n) is 6.73. The highest BCUT2D eigenvalue weighted by Gasteiger charge is 2.31. The molecule has 0 spiro atoms. The highest BCUT2D eigenvalue weighted by molar-refractivity contribution is 7.88. The molecule has 3 aromatic rings. The van der Waals surface area contributed by atoms with Crippen LogP contribution in [-0.2, 0) is 20.5 Å². The van der Waals surface area contributed by atoms with E-state index in [-0.39, 0.29) is 18.9 Å². The van der Waals surface area contributed by atoms with Crippen LogP contribution in [0.15, 0.2) is 61.1 Å². The highest BCUT2D eigenvalue weighted by Crippen LogP contribution is 2.26. The Morgan fingerprint density at radius 1 is 1.13 bits per heavy atom. The summed E-state index contributed by atoms with van der Waals surface area (Å²) >= 11 is 6.14. The smallest absolute Gasteiger partial charge is 0.218 e. The van der Waals surface area contributed by atoms with Crippen LogP contribution in [0.25, 0.3) is 0 Å². The van der Waals surface area contributed by atoms with Gasteiger partial charge in [0.15, 0.2) is 0 Å². The van der Waals surface area contributed by atoms with Gasteiger partial charge in [0, 0.05) is 30.5 Å². The van der Waals surface area contributed by atoms with E-state index in [0.29, 0.717) is 34.5 Å². The van der Waals surface area contributed by atoms with Crippen LogP contribution in [0.5, 0.6) is 0 Å². The van der Waals surface area contributed by atoms with Gasteiger partial charge in [-0.05, 0) is 23.8 Å². The molecular weight excluding hydrogens is 426 g/mol. The third-order valence-electron chi connectivity index (χ3n) is 4.64. The van der Waals surface area contributed by atoms with Crippen LogP contribution in [0, 0.1) is 0 Å². The van der Waals surface area contributed by atoms with Gasteiger partial charge in [0.1, 0.15) is 17.7 Å². The molecule has 0 aliphatic carbocycles. The minimum absolute atomic E-state index is 0.152. The van der Waals surface area contributed by atoms with Crippen molar-refractivity contribution < 1.29 is 13.2 Å². The Labute approximate surface area is 180 Å². The Morgan fingerprint density at radius 2 is 2.00 bits per heavy atom. The monoisotopic (exact) mass is 445 g/mol. The van der Waals surface area contributed by atoms with E-state index >= 15 is 0 Å². The van der Waals surface area contributed by atoms with Crippen molar-refractivity contribution in [1.82, 2.24) is 19.3 Å². The van der Waals surface area contributed by atoms with Gasteiger partial charge < -0.3 is 10.1 Å². The fourth-order valence-electron chi connectivity index (χ4n) is 3.16. The van der Waals surface area contributed by atoms with Crippen LogP contribution in [0.2, 0.25) is 5.02 Å². The standard InChI is InChI=1S/C20H20ClN5O3S/c21-16-5-2-1-4-15(16)14-30(27,28)26-10-11-29-18(13-26)17-6-3-7-19(24-17)25-20-12-22-8-9-23-20/h1-9,12,18H,10-11,13-14H2,(H,23,24,25)/t18-/m1/s1. The fourth-order valence-corrected chi connectivity index (χ4v) is 4.98. The molecule has 1 aromatic carbocycles. The van der Waals surface area contributed by atoms with E-state index in [0.717, 1.165) is 0 Å². The number of nitrogens with one attached hydrogen (secondary N) is 1. The lowest BCUT2D eigenvalue weighted by molar-refractivity contribution is -0.00490. The number of nitrogens with zero attached hydrogens (tertiary/aromatic N) is 4. The summed E-state index contributed by atoms with van der Waals surface area (Å²) in [7, 11) is -3.55. The number of anilines is 2. The van der Waals surface area contributed by atoms with Gasteiger partial charge in [0.2, 0.25) is 10.0 Å². The SMILES string of the molecule is O=S(=O)(Cc1ccccc1Cl)N1CCO[C@@H](c2cccc(Nc3cnccn3)n2)C1. The number of ether oxygens (including phenoxy) is 1. The molecular formula is C20H20ClN5O3S. The molecule has 0 saturated carbocycles. The number of halogens is 1. The van der Waals surface area contributed by atoms with Gasteiger partial charge in [0.05, 0.1) is 24.3 Å². The molecule has 10 heteroatoms. The second kappa shape index (κ2) is 9.05. The summed E-state index contributed by atoms with van der Waals surface area (Å²) in [6, 6.07) is 12.4. The maximum Gasteiger partial charge on any atom is 0.218 e. The molecule has 1 fully saturated rings. The molecule has 3 heterocycles. The van der Waals surface area contributed by atoms with Crippen molar-refractivity contribution in [3.8, 4) is 0 Å². The maximum absolute atomic E-state index is 13.0. The Balaban J connectivity index is 1.48. The lowest BCUT2D eigenvalue weighted by Crippen LogP contribution is -2.42. The van der Waals surface area contributed by atoms with E-state index < -0.39 is 16.1 Å². The minimum Gasteiger partial charge on any atom is -0.369 e. The molecule has 2 aromatic heterocycles. The van der Waals surface area contributed by atoms with Crippen molar-refractivity contribution in [2.75, 3.05) is 25.0 Å². The van der Waals surface area contributed by atoms with Gasteiger partial charge in [-0.15, -0.1) is 0 Å². The van der Waals surface area contributed by atoms with Crippen molar-refractivity contribution in [1.29, 1.82) is 0 Å². The first-order chi connectivity index (χ1) is 14.5. The molecule has 156 valence electrons. The van der Waals surface area contributed by atoms with Crippen molar-refractivity contribution in [2.24, 2.45) is 0 Å². The molecule has 30 heavy (non-hydrogen) atoms. The number of hydrogen-bond donors (Lipinski definition) is 1. The van der Waals surface area contributed by atoms with E-state index in [1.807, 2.05) is 12.1 Å². The zero-order chi connectivity index (χ0) is 21.0. The van der Waals surface area contributed by atoms with Gasteiger partial charge >= 0.3 is 0 Å². The molecule has 1 atom stereocenters. The molecule has 1 saturated heterocycles. The van der Waals surface area contributed by atoms with Crippen LogP contribution in [0.4, 0.5) is 11.6 Å². The number of sulfonamides is 1. The summed E-state index contributed by atoms with van der Waals surface area (Å²) in [6.45, 7) is 0.769. The van der Waals surface area contributed by atoms with Gasteiger partial charge in [-0.2, -0.15) is 4.31 Å². The average Bonchev–Trinajstić information content (AvgIpc) is 2.76. The number of rotatable bonds is 6. The van der Waals surface area contributed by atoms with Crippen molar-refractivity contribution >= 4 is 33.3 Å². The van der Waals surface area contributed by atoms with Gasteiger partial charge in [-0.1, -0.05) is 35.9 Å². The third kappa shape index (κ3) is 4.93. The quantitative estimate of drug-likeness (QED) is 0.622. The molecule has 0 bridgehead atoms. The van der Waals surface area contributed by atoms with Crippen LogP contribution in [0.1, 0.15) is 17.4 Å². The van der Waals surface area contributed by atoms with E-state index in [1.54, 1.807) is 48.9 Å². The zero-order valence-electron chi connectivity index (χ0n) is 16.0. The first-order valence-corrected chi connectivity index (χ1v) is 11.3. The minimum atomic E-state index is -3.55. The van der Waals surface area contributed by atoms with Gasteiger partial charge in [-0.3, -0.25) is 4.98 Å². The van der Waals surface area contributed by atoms with Crippen molar-refractivity contribution in [3.63, 3.8) is 0 Å². The normalized spacial score (nSPS) is 17.6. The molecule has 1 aliphatic heterocycles. The summed E-state index contributed by atoms with van der Waals surface area (Å²) < 4.78 is 33.2. The summed E-state index contributed by atoms with van der Waals surface area (Å²) in [5.41, 5.74) is 1.22. The predicted molar refractivity (Wildman–Crippen MR) is 114 cm³/mol. The predicted octanol–water partition coefficient (Wildman–Crippen LogP) is 3.17. The lowest BCUT2D eigenvalue weighted by atomic mass is 10.2. The summed E-state index contributed by atoms with van der Waals surface area (Å²) in [5.74, 6) is 0.990. The number of morpholine rings is 1. The average molecular weight is 446 g/mol. The van der Waals surface area contributed by atoms with E-state index in [2.05, 4.69) is 20.3 Å². The lowest BCUT2D eigenvalue weighted by Gasteiger charge is -2.32. The number of benzene rings is 1. The highest BCUT2D eigenvalue weighted by atomic mass is 35.5. The van der Waals surface area contributed by atoms with Gasteiger partial charge in [-0.25, -0.2) is 18.4 Å². The van der Waals surface area contributed by atoms with Crippen molar-refractivity contribution in [3.05, 3.63) is 77.3 Å². The van der Waals surface area contributed by atoms with Crippen LogP contribution in [-0.4, -0.2) is 47.4 Å². The summed E-state index contributed by atoms with van der Waals surface area (Å²) in [6.07, 6.45) is 4.29. The molecule has 1 N–H and O–H groups in total. The maximum atomic E-state index is 13.0. The summed E-state index contributed by atoms with van der Waals surface area (Å²) in [4.78, 5) is 12.7. The Hall–Kier alpha value is -2.59. The number of aromatic nitrogens is 3. The fraction of sp³-hybridized carbons (Fsp3) is 0.250. The molecule has 0 radical (unpaired) electrons. The van der Waals surface area contributed by atoms with Crippen molar-refractivity contribution in [2.45, 2.75) is 11.9 Å². The molecule has 0 unspecified atom stereocenters. The molecule has 8 nitrogen and oxygen atoms in total. The van der Waals surface area contributed by atoms with E-state index in [4.69, 9.17) is 16.3 Å². The molecule has 0 amide bonds. The van der Waals surface area contributed by atoms with Crippen LogP contribution >= 0.6 is 11.6 Å². The topological polar surface area (TPSA) is 97.3 Å². The zero-order valence-corrected chi connectivity index (χ0v) is 17.6. The first kappa shape index (κ1) is 20.7. The molecule has 1 aliphatic rings. The van der Waals surface area contributed by atoms with Crippen LogP contribution < -0.4 is 5.32 Å². The van der Waals surface area contributed by atoms with E-state index in [9.17, 15) is 8.42 Å². The molecule has 4 rings (SSSR count).